The van der Waals surface area contributed by atoms with E-state index < -0.39 is 5.82 Å². The fraction of sp³-hybridized carbons (Fsp3) is 0.250. The van der Waals surface area contributed by atoms with Gasteiger partial charge in [0.15, 0.2) is 5.82 Å². The summed E-state index contributed by atoms with van der Waals surface area (Å²) in [6, 6.07) is 3.47. The van der Waals surface area contributed by atoms with Gasteiger partial charge in [-0.1, -0.05) is 0 Å². The van der Waals surface area contributed by atoms with E-state index in [1.54, 1.807) is 6.07 Å². The molecule has 0 radical (unpaired) electrons. The summed E-state index contributed by atoms with van der Waals surface area (Å²) in [4.78, 5) is 11.5. The van der Waals surface area contributed by atoms with Crippen molar-refractivity contribution in [2.24, 2.45) is 0 Å². The standard InChI is InChI=1S/C12H11FN2O2/c13-10-8(6-16)5-7-1-3-15-4-2-9(17)14-11(10)12(7)15/h1,3,5,16H,2,4,6H2,(H,14,17). The van der Waals surface area contributed by atoms with Crippen molar-refractivity contribution in [2.75, 3.05) is 5.32 Å². The van der Waals surface area contributed by atoms with Gasteiger partial charge in [-0.15, -0.1) is 0 Å². The van der Waals surface area contributed by atoms with Gasteiger partial charge in [0, 0.05) is 30.1 Å². The van der Waals surface area contributed by atoms with Crippen LogP contribution in [-0.4, -0.2) is 15.6 Å². The number of aromatic nitrogens is 1. The molecule has 1 aromatic carbocycles. The average Bonchev–Trinajstić information content (AvgIpc) is 2.64. The summed E-state index contributed by atoms with van der Waals surface area (Å²) in [6.07, 6.45) is 2.15. The van der Waals surface area contributed by atoms with Crippen LogP contribution in [0.5, 0.6) is 0 Å². The SMILES string of the molecule is O=C1CCn2ccc3cc(CO)c(F)c(c32)N1. The molecule has 2 aromatic rings. The Morgan fingerprint density at radius 3 is 3.12 bits per heavy atom. The summed E-state index contributed by atoms with van der Waals surface area (Å²) in [5.74, 6) is -0.751. The highest BCUT2D eigenvalue weighted by Gasteiger charge is 2.20. The van der Waals surface area contributed by atoms with Crippen LogP contribution in [-0.2, 0) is 17.9 Å². The number of rotatable bonds is 1. The Kier molecular flexibility index (Phi) is 2.16. The van der Waals surface area contributed by atoms with Crippen LogP contribution in [0.2, 0.25) is 0 Å². The lowest BCUT2D eigenvalue weighted by atomic mass is 10.1. The Morgan fingerprint density at radius 2 is 2.35 bits per heavy atom. The first kappa shape index (κ1) is 10.3. The number of carbonyl (C=O) groups is 1. The van der Waals surface area contributed by atoms with Gasteiger partial charge in [0.2, 0.25) is 5.91 Å². The van der Waals surface area contributed by atoms with Crippen molar-refractivity contribution < 1.29 is 14.3 Å². The molecule has 4 nitrogen and oxygen atoms in total. The number of amides is 1. The quantitative estimate of drug-likeness (QED) is 0.787. The number of aliphatic hydroxyl groups is 1. The summed E-state index contributed by atoms with van der Waals surface area (Å²) in [7, 11) is 0. The Balaban J connectivity index is 2.38. The number of aryl methyl sites for hydroxylation is 1. The molecule has 0 unspecified atom stereocenters. The molecule has 0 fully saturated rings. The Bertz CT molecular complexity index is 618. The van der Waals surface area contributed by atoms with Crippen LogP contribution in [0.1, 0.15) is 12.0 Å². The molecule has 2 N–H and O–H groups in total. The maximum Gasteiger partial charge on any atom is 0.226 e. The Hall–Kier alpha value is -1.88. The predicted octanol–water partition coefficient (Wildman–Crippen LogP) is 1.61. The van der Waals surface area contributed by atoms with Crippen LogP contribution in [0.25, 0.3) is 10.9 Å². The minimum atomic E-state index is -0.546. The Morgan fingerprint density at radius 1 is 1.53 bits per heavy atom. The second kappa shape index (κ2) is 3.56. The molecule has 0 atom stereocenters. The maximum absolute atomic E-state index is 14.1. The lowest BCUT2D eigenvalue weighted by Crippen LogP contribution is -2.12. The normalized spacial score (nSPS) is 14.8. The van der Waals surface area contributed by atoms with E-state index >= 15 is 0 Å². The molecule has 0 saturated carbocycles. The average molecular weight is 234 g/mol. The lowest BCUT2D eigenvalue weighted by molar-refractivity contribution is -0.116. The number of halogens is 1. The van der Waals surface area contributed by atoms with E-state index in [2.05, 4.69) is 5.32 Å². The van der Waals surface area contributed by atoms with Crippen LogP contribution in [0.15, 0.2) is 18.3 Å². The first-order chi connectivity index (χ1) is 8.20. The third kappa shape index (κ3) is 1.43. The third-order valence-corrected chi connectivity index (χ3v) is 3.08. The number of hydrogen-bond donors (Lipinski definition) is 2. The smallest absolute Gasteiger partial charge is 0.226 e. The van der Waals surface area contributed by atoms with Gasteiger partial charge in [-0.3, -0.25) is 4.79 Å². The molecule has 5 heteroatoms. The van der Waals surface area contributed by atoms with Crippen molar-refractivity contribution in [1.82, 2.24) is 4.57 Å². The van der Waals surface area contributed by atoms with Crippen LogP contribution in [0, 0.1) is 5.82 Å². The summed E-state index contributed by atoms with van der Waals surface area (Å²) in [5, 5.41) is 12.5. The fourth-order valence-corrected chi connectivity index (χ4v) is 2.25. The van der Waals surface area contributed by atoms with E-state index in [4.69, 9.17) is 5.11 Å². The van der Waals surface area contributed by atoms with Crippen molar-refractivity contribution in [3.8, 4) is 0 Å². The second-order valence-corrected chi connectivity index (χ2v) is 4.13. The number of aliphatic hydroxyl groups excluding tert-OH is 1. The van der Waals surface area contributed by atoms with Gasteiger partial charge in [-0.2, -0.15) is 0 Å². The van der Waals surface area contributed by atoms with E-state index in [-0.39, 0.29) is 23.8 Å². The number of nitrogens with one attached hydrogen (secondary N) is 1. The van der Waals surface area contributed by atoms with Crippen LogP contribution < -0.4 is 5.32 Å². The van der Waals surface area contributed by atoms with Crippen molar-refractivity contribution in [3.63, 3.8) is 0 Å². The molecule has 1 aliphatic heterocycles. The molecule has 3 rings (SSSR count). The van der Waals surface area contributed by atoms with Crippen LogP contribution in [0.3, 0.4) is 0 Å². The molecule has 1 aromatic heterocycles. The molecule has 1 amide bonds. The molecule has 2 heterocycles. The summed E-state index contributed by atoms with van der Waals surface area (Å²) in [5.41, 5.74) is 1.07. The van der Waals surface area contributed by atoms with Crippen molar-refractivity contribution in [3.05, 3.63) is 29.7 Å². The van der Waals surface area contributed by atoms with E-state index in [0.29, 0.717) is 18.5 Å². The van der Waals surface area contributed by atoms with E-state index in [1.807, 2.05) is 16.8 Å². The molecular weight excluding hydrogens is 223 g/mol. The molecule has 88 valence electrons. The van der Waals surface area contributed by atoms with Crippen molar-refractivity contribution >= 4 is 22.5 Å². The van der Waals surface area contributed by atoms with Gasteiger partial charge >= 0.3 is 0 Å². The van der Waals surface area contributed by atoms with Gasteiger partial charge in [0.1, 0.15) is 5.69 Å². The highest BCUT2D eigenvalue weighted by Crippen LogP contribution is 2.32. The lowest BCUT2D eigenvalue weighted by Gasteiger charge is -2.09. The number of benzene rings is 1. The first-order valence-electron chi connectivity index (χ1n) is 5.41. The number of carbonyl (C=O) groups excluding carboxylic acids is 1. The van der Waals surface area contributed by atoms with Crippen molar-refractivity contribution in [1.29, 1.82) is 0 Å². The van der Waals surface area contributed by atoms with Crippen molar-refractivity contribution in [2.45, 2.75) is 19.6 Å². The van der Waals surface area contributed by atoms with E-state index in [9.17, 15) is 9.18 Å². The number of hydrogen-bond acceptors (Lipinski definition) is 2. The Labute approximate surface area is 96.7 Å². The molecule has 1 aliphatic rings. The van der Waals surface area contributed by atoms with E-state index in [0.717, 1.165) is 5.39 Å². The zero-order chi connectivity index (χ0) is 12.0. The summed E-state index contributed by atoms with van der Waals surface area (Å²) >= 11 is 0. The summed E-state index contributed by atoms with van der Waals surface area (Å²) in [6.45, 7) is 0.163. The van der Waals surface area contributed by atoms with E-state index in [1.165, 1.54) is 0 Å². The zero-order valence-corrected chi connectivity index (χ0v) is 9.03. The van der Waals surface area contributed by atoms with Gasteiger partial charge in [-0.25, -0.2) is 4.39 Å². The maximum atomic E-state index is 14.1. The van der Waals surface area contributed by atoms with Gasteiger partial charge < -0.3 is 15.0 Å². The molecule has 17 heavy (non-hydrogen) atoms. The fourth-order valence-electron chi connectivity index (χ4n) is 2.25. The van der Waals surface area contributed by atoms with Gasteiger partial charge in [-0.05, 0) is 12.1 Å². The summed E-state index contributed by atoms with van der Waals surface area (Å²) < 4.78 is 15.9. The molecule has 0 bridgehead atoms. The molecular formula is C12H11FN2O2. The minimum Gasteiger partial charge on any atom is -0.392 e. The number of anilines is 1. The topological polar surface area (TPSA) is 54.3 Å². The largest absolute Gasteiger partial charge is 0.392 e. The monoisotopic (exact) mass is 234 g/mol. The molecule has 0 spiro atoms. The highest BCUT2D eigenvalue weighted by atomic mass is 19.1. The van der Waals surface area contributed by atoms with Gasteiger partial charge in [0.25, 0.3) is 0 Å². The van der Waals surface area contributed by atoms with Crippen LogP contribution >= 0.6 is 0 Å². The number of nitrogens with zero attached hydrogens (tertiary/aromatic N) is 1. The minimum absolute atomic E-state index is 0.180. The highest BCUT2D eigenvalue weighted by molar-refractivity contribution is 6.02. The van der Waals surface area contributed by atoms with Gasteiger partial charge in [0.05, 0.1) is 12.1 Å². The second-order valence-electron chi connectivity index (χ2n) is 4.13. The molecule has 0 saturated heterocycles. The predicted molar refractivity (Wildman–Crippen MR) is 61.1 cm³/mol. The van der Waals surface area contributed by atoms with Crippen LogP contribution in [0.4, 0.5) is 10.1 Å². The first-order valence-corrected chi connectivity index (χ1v) is 5.41. The zero-order valence-electron chi connectivity index (χ0n) is 9.03. The third-order valence-electron chi connectivity index (χ3n) is 3.08. The molecule has 0 aliphatic carbocycles.